The number of ether oxygens (including phenoxy) is 2. The number of carboxylic acid groups (broad SMARTS) is 1. The zero-order valence-corrected chi connectivity index (χ0v) is 10.6. The fraction of sp³-hybridized carbons (Fsp3) is 0.154. The first-order valence-corrected chi connectivity index (χ1v) is 5.65. The Labute approximate surface area is 114 Å². The zero-order valence-electron chi connectivity index (χ0n) is 10.6. The van der Waals surface area contributed by atoms with Crippen LogP contribution in [-0.2, 0) is 6.61 Å². The summed E-state index contributed by atoms with van der Waals surface area (Å²) in [4.78, 5) is 18.2. The van der Waals surface area contributed by atoms with Crippen molar-refractivity contribution in [2.24, 2.45) is 0 Å². The molecule has 0 bridgehead atoms. The van der Waals surface area contributed by atoms with E-state index in [9.17, 15) is 4.79 Å². The predicted octanol–water partition coefficient (Wildman–Crippen LogP) is 1.47. The Balaban J connectivity index is 2.23. The van der Waals surface area contributed by atoms with Crippen LogP contribution in [0.3, 0.4) is 0 Å². The number of hydrogen-bond acceptors (Lipinski definition) is 6. The molecule has 0 radical (unpaired) electrons. The largest absolute Gasteiger partial charge is 0.493 e. The van der Waals surface area contributed by atoms with E-state index < -0.39 is 5.97 Å². The van der Waals surface area contributed by atoms with Crippen molar-refractivity contribution in [2.45, 2.75) is 6.61 Å². The molecule has 7 heteroatoms. The van der Waals surface area contributed by atoms with E-state index in [0.29, 0.717) is 17.1 Å². The molecule has 0 fully saturated rings. The fourth-order valence-corrected chi connectivity index (χ4v) is 1.49. The molecule has 0 aliphatic carbocycles. The van der Waals surface area contributed by atoms with Gasteiger partial charge in [-0.15, -0.1) is 0 Å². The minimum Gasteiger partial charge on any atom is -0.493 e. The summed E-state index contributed by atoms with van der Waals surface area (Å²) >= 11 is 0. The van der Waals surface area contributed by atoms with Gasteiger partial charge in [-0.05, 0) is 17.7 Å². The molecule has 1 heterocycles. The van der Waals surface area contributed by atoms with Crippen molar-refractivity contribution < 1.29 is 24.5 Å². The van der Waals surface area contributed by atoms with Gasteiger partial charge in [0.1, 0.15) is 0 Å². The van der Waals surface area contributed by atoms with E-state index in [4.69, 9.17) is 19.7 Å². The van der Waals surface area contributed by atoms with Crippen LogP contribution in [0.5, 0.6) is 17.4 Å². The SMILES string of the molecule is COc1cc(CO)ccc1Oc1cnc(C(=O)O)cn1. The van der Waals surface area contributed by atoms with Crippen LogP contribution in [0.15, 0.2) is 30.6 Å². The van der Waals surface area contributed by atoms with Crippen molar-refractivity contribution in [1.82, 2.24) is 9.97 Å². The Morgan fingerprint density at radius 2 is 2.05 bits per heavy atom. The molecular formula is C13H12N2O5. The van der Waals surface area contributed by atoms with E-state index >= 15 is 0 Å². The van der Waals surface area contributed by atoms with Gasteiger partial charge in [-0.2, -0.15) is 0 Å². The summed E-state index contributed by atoms with van der Waals surface area (Å²) in [6.45, 7) is -0.107. The Hall–Kier alpha value is -2.67. The number of rotatable bonds is 5. The van der Waals surface area contributed by atoms with E-state index in [-0.39, 0.29) is 18.2 Å². The molecule has 0 spiro atoms. The van der Waals surface area contributed by atoms with Gasteiger partial charge in [-0.3, -0.25) is 0 Å². The van der Waals surface area contributed by atoms with Crippen LogP contribution >= 0.6 is 0 Å². The summed E-state index contributed by atoms with van der Waals surface area (Å²) in [6.07, 6.45) is 2.31. The first-order chi connectivity index (χ1) is 9.63. The second-order valence-electron chi connectivity index (χ2n) is 3.79. The lowest BCUT2D eigenvalue weighted by Gasteiger charge is -2.10. The lowest BCUT2D eigenvalue weighted by molar-refractivity contribution is 0.0690. The van der Waals surface area contributed by atoms with Crippen LogP contribution in [0.4, 0.5) is 0 Å². The van der Waals surface area contributed by atoms with Crippen molar-refractivity contribution in [3.8, 4) is 17.4 Å². The highest BCUT2D eigenvalue weighted by molar-refractivity contribution is 5.84. The topological polar surface area (TPSA) is 102 Å². The molecule has 0 saturated carbocycles. The number of carboxylic acids is 1. The van der Waals surface area contributed by atoms with Crippen molar-refractivity contribution in [3.05, 3.63) is 41.9 Å². The highest BCUT2D eigenvalue weighted by Gasteiger charge is 2.09. The maximum Gasteiger partial charge on any atom is 0.356 e. The minimum atomic E-state index is -1.16. The molecule has 0 aliphatic rings. The quantitative estimate of drug-likeness (QED) is 0.852. The van der Waals surface area contributed by atoms with Gasteiger partial charge in [0.25, 0.3) is 0 Å². The van der Waals surface area contributed by atoms with E-state index in [2.05, 4.69) is 9.97 Å². The third-order valence-electron chi connectivity index (χ3n) is 2.47. The summed E-state index contributed by atoms with van der Waals surface area (Å²) in [5, 5.41) is 17.8. The highest BCUT2D eigenvalue weighted by Crippen LogP contribution is 2.31. The second kappa shape index (κ2) is 5.98. The molecule has 1 aromatic heterocycles. The molecule has 0 unspecified atom stereocenters. The number of hydrogen-bond donors (Lipinski definition) is 2. The maximum absolute atomic E-state index is 10.7. The van der Waals surface area contributed by atoms with Gasteiger partial charge >= 0.3 is 5.97 Å². The molecule has 2 aromatic rings. The minimum absolute atomic E-state index is 0.107. The van der Waals surface area contributed by atoms with Crippen LogP contribution < -0.4 is 9.47 Å². The second-order valence-corrected chi connectivity index (χ2v) is 3.79. The number of aromatic nitrogens is 2. The molecule has 7 nitrogen and oxygen atoms in total. The number of aromatic carboxylic acids is 1. The van der Waals surface area contributed by atoms with Crippen molar-refractivity contribution in [1.29, 1.82) is 0 Å². The zero-order chi connectivity index (χ0) is 14.5. The molecule has 104 valence electrons. The Kier molecular flexibility index (Phi) is 4.11. The standard InChI is InChI=1S/C13H12N2O5/c1-19-11-4-8(7-16)2-3-10(11)20-12-6-14-9(5-15-12)13(17)18/h2-6,16H,7H2,1H3,(H,17,18). The molecule has 2 N–H and O–H groups in total. The van der Waals surface area contributed by atoms with Crippen LogP contribution in [-0.4, -0.2) is 33.3 Å². The molecular weight excluding hydrogens is 264 g/mol. The molecule has 0 saturated heterocycles. The Morgan fingerprint density at radius 1 is 1.25 bits per heavy atom. The lowest BCUT2D eigenvalue weighted by Crippen LogP contribution is -2.01. The van der Waals surface area contributed by atoms with Crippen LogP contribution in [0.25, 0.3) is 0 Å². The smallest absolute Gasteiger partial charge is 0.356 e. The summed E-state index contributed by atoms with van der Waals surface area (Å²) in [5.74, 6) is -0.193. The first-order valence-electron chi connectivity index (χ1n) is 5.65. The molecule has 0 amide bonds. The van der Waals surface area contributed by atoms with E-state index in [1.54, 1.807) is 18.2 Å². The van der Waals surface area contributed by atoms with Gasteiger partial charge in [-0.1, -0.05) is 6.07 Å². The van der Waals surface area contributed by atoms with Gasteiger partial charge in [-0.25, -0.2) is 14.8 Å². The van der Waals surface area contributed by atoms with Gasteiger partial charge in [0.2, 0.25) is 5.88 Å². The van der Waals surface area contributed by atoms with Crippen LogP contribution in [0, 0.1) is 0 Å². The monoisotopic (exact) mass is 276 g/mol. The fourth-order valence-electron chi connectivity index (χ4n) is 1.49. The van der Waals surface area contributed by atoms with Gasteiger partial charge in [0, 0.05) is 0 Å². The number of carbonyl (C=O) groups is 1. The van der Waals surface area contributed by atoms with Crippen molar-refractivity contribution >= 4 is 5.97 Å². The lowest BCUT2D eigenvalue weighted by atomic mass is 10.2. The summed E-state index contributed by atoms with van der Waals surface area (Å²) < 4.78 is 10.6. The molecule has 0 atom stereocenters. The summed E-state index contributed by atoms with van der Waals surface area (Å²) in [6, 6.07) is 4.93. The third kappa shape index (κ3) is 3.01. The van der Waals surface area contributed by atoms with E-state index in [1.807, 2.05) is 0 Å². The average Bonchev–Trinajstić information content (AvgIpc) is 2.48. The summed E-state index contributed by atoms with van der Waals surface area (Å²) in [7, 11) is 1.47. The number of aliphatic hydroxyl groups is 1. The van der Waals surface area contributed by atoms with E-state index in [0.717, 1.165) is 6.20 Å². The van der Waals surface area contributed by atoms with Crippen LogP contribution in [0.2, 0.25) is 0 Å². The molecule has 0 aliphatic heterocycles. The third-order valence-corrected chi connectivity index (χ3v) is 2.47. The maximum atomic E-state index is 10.7. The molecule has 1 aromatic carbocycles. The van der Waals surface area contributed by atoms with E-state index in [1.165, 1.54) is 13.3 Å². The average molecular weight is 276 g/mol. The number of aliphatic hydroxyl groups excluding tert-OH is 1. The number of methoxy groups -OCH3 is 1. The number of benzene rings is 1. The molecule has 20 heavy (non-hydrogen) atoms. The van der Waals surface area contributed by atoms with Gasteiger partial charge in [0.15, 0.2) is 17.2 Å². The van der Waals surface area contributed by atoms with Crippen LogP contribution in [0.1, 0.15) is 16.1 Å². The van der Waals surface area contributed by atoms with Crippen molar-refractivity contribution in [3.63, 3.8) is 0 Å². The summed E-state index contributed by atoms with van der Waals surface area (Å²) in [5.41, 5.74) is 0.515. The van der Waals surface area contributed by atoms with Gasteiger partial charge in [0.05, 0.1) is 26.1 Å². The Morgan fingerprint density at radius 3 is 2.60 bits per heavy atom. The van der Waals surface area contributed by atoms with Gasteiger partial charge < -0.3 is 19.7 Å². The predicted molar refractivity (Wildman–Crippen MR) is 68.0 cm³/mol. The number of nitrogens with zero attached hydrogens (tertiary/aromatic N) is 2. The van der Waals surface area contributed by atoms with Crippen molar-refractivity contribution in [2.75, 3.05) is 7.11 Å². The Bertz CT molecular complexity index is 613. The first kappa shape index (κ1) is 13.8. The highest BCUT2D eigenvalue weighted by atomic mass is 16.5. The molecule has 2 rings (SSSR count). The normalized spacial score (nSPS) is 10.1.